The molecule has 2 N–H and O–H groups in total. The summed E-state index contributed by atoms with van der Waals surface area (Å²) >= 11 is 0. The molecule has 0 bridgehead atoms. The number of fused-ring (bicyclic) bond motifs is 1. The molecule has 0 aliphatic carbocycles. The fourth-order valence-corrected chi connectivity index (χ4v) is 3.35. The Labute approximate surface area is 160 Å². The van der Waals surface area contributed by atoms with Crippen LogP contribution in [0.4, 0.5) is 10.1 Å². The summed E-state index contributed by atoms with van der Waals surface area (Å²) in [6.45, 7) is 2.37. The second kappa shape index (κ2) is 6.95. The summed E-state index contributed by atoms with van der Waals surface area (Å²) in [5, 5.41) is 17.2. The number of hydrogen-bond donors (Lipinski definition) is 2. The number of benzene rings is 2. The van der Waals surface area contributed by atoms with E-state index < -0.39 is 23.2 Å². The summed E-state index contributed by atoms with van der Waals surface area (Å²) in [6.07, 6.45) is 2.43. The van der Waals surface area contributed by atoms with E-state index in [-0.39, 0.29) is 11.3 Å². The molecule has 0 fully saturated rings. The van der Waals surface area contributed by atoms with Gasteiger partial charge in [-0.15, -0.1) is 5.10 Å². The van der Waals surface area contributed by atoms with Crippen molar-refractivity contribution in [2.45, 2.75) is 32.7 Å². The van der Waals surface area contributed by atoms with E-state index in [1.165, 1.54) is 4.57 Å². The topological polar surface area (TPSA) is 89.2 Å². The molecule has 1 aromatic heterocycles. The second-order valence-electron chi connectivity index (χ2n) is 6.81. The van der Waals surface area contributed by atoms with Gasteiger partial charge < -0.3 is 10.4 Å². The summed E-state index contributed by atoms with van der Waals surface area (Å²) in [5.74, 6) is -1.30. The van der Waals surface area contributed by atoms with Gasteiger partial charge >= 0.3 is 5.69 Å². The highest BCUT2D eigenvalue weighted by Gasteiger charge is 2.22. The minimum atomic E-state index is -0.815. The normalized spacial score (nSPS) is 13.2. The number of phenols is 1. The van der Waals surface area contributed by atoms with Gasteiger partial charge in [-0.1, -0.05) is 18.2 Å². The third-order valence-electron chi connectivity index (χ3n) is 4.90. The predicted molar refractivity (Wildman–Crippen MR) is 102 cm³/mol. The molecule has 7 nitrogen and oxygen atoms in total. The third kappa shape index (κ3) is 3.06. The van der Waals surface area contributed by atoms with Gasteiger partial charge in [0.1, 0.15) is 23.1 Å². The minimum Gasteiger partial charge on any atom is -0.507 e. The SMILES string of the molecule is Cc1ccccc1NC(=O)c1cc(F)c(-n2nc3n(c2=O)CCCC3)cc1O. The first kappa shape index (κ1) is 18.0. The van der Waals surface area contributed by atoms with Gasteiger partial charge in [-0.25, -0.2) is 9.18 Å². The van der Waals surface area contributed by atoms with Crippen molar-refractivity contribution >= 4 is 11.6 Å². The van der Waals surface area contributed by atoms with Crippen LogP contribution in [0.3, 0.4) is 0 Å². The highest BCUT2D eigenvalue weighted by molar-refractivity contribution is 6.06. The number of aromatic nitrogens is 3. The molecule has 28 heavy (non-hydrogen) atoms. The number of halogens is 1. The van der Waals surface area contributed by atoms with E-state index in [4.69, 9.17) is 0 Å². The van der Waals surface area contributed by atoms with Crippen LogP contribution in [0, 0.1) is 12.7 Å². The van der Waals surface area contributed by atoms with Crippen LogP contribution in [0.15, 0.2) is 41.2 Å². The lowest BCUT2D eigenvalue weighted by molar-refractivity contribution is 0.102. The Kier molecular flexibility index (Phi) is 4.46. The monoisotopic (exact) mass is 382 g/mol. The Morgan fingerprint density at radius 2 is 2.04 bits per heavy atom. The Hall–Kier alpha value is -3.42. The zero-order valence-corrected chi connectivity index (χ0v) is 15.3. The van der Waals surface area contributed by atoms with Gasteiger partial charge in [0, 0.05) is 24.7 Å². The van der Waals surface area contributed by atoms with E-state index >= 15 is 0 Å². The molecule has 1 aliphatic rings. The van der Waals surface area contributed by atoms with Crippen molar-refractivity contribution in [1.82, 2.24) is 14.3 Å². The standard InChI is InChI=1S/C20H19FN4O3/c1-12-6-2-3-7-15(12)22-19(27)13-10-14(21)16(11-17(13)26)25-20(28)24-9-5-4-8-18(24)23-25/h2-3,6-7,10-11,26H,4-5,8-9H2,1H3,(H,22,27). The molecule has 3 aromatic rings. The zero-order chi connectivity index (χ0) is 19.8. The molecule has 0 saturated heterocycles. The number of carbonyl (C=O) groups is 1. The fraction of sp³-hybridized carbons (Fsp3) is 0.250. The number of hydrogen-bond acceptors (Lipinski definition) is 4. The molecule has 0 atom stereocenters. The number of carbonyl (C=O) groups excluding carboxylic acids is 1. The van der Waals surface area contributed by atoms with Crippen LogP contribution in [0.5, 0.6) is 5.75 Å². The predicted octanol–water partition coefficient (Wildman–Crippen LogP) is 2.78. The average molecular weight is 382 g/mol. The number of nitrogens with one attached hydrogen (secondary N) is 1. The number of para-hydroxylation sites is 1. The van der Waals surface area contributed by atoms with Gasteiger partial charge in [0.2, 0.25) is 0 Å². The highest BCUT2D eigenvalue weighted by atomic mass is 19.1. The van der Waals surface area contributed by atoms with Crippen molar-refractivity contribution < 1.29 is 14.3 Å². The lowest BCUT2D eigenvalue weighted by atomic mass is 10.1. The number of aryl methyl sites for hydroxylation is 2. The largest absolute Gasteiger partial charge is 0.507 e. The summed E-state index contributed by atoms with van der Waals surface area (Å²) < 4.78 is 17.2. The van der Waals surface area contributed by atoms with Gasteiger partial charge in [-0.05, 0) is 37.5 Å². The van der Waals surface area contributed by atoms with E-state index in [9.17, 15) is 19.1 Å². The van der Waals surface area contributed by atoms with Crippen molar-refractivity contribution in [3.8, 4) is 11.4 Å². The molecule has 0 spiro atoms. The molecule has 0 saturated carbocycles. The molecule has 8 heteroatoms. The van der Waals surface area contributed by atoms with Gasteiger partial charge in [0.15, 0.2) is 0 Å². The van der Waals surface area contributed by atoms with E-state index in [0.717, 1.165) is 35.2 Å². The molecule has 4 rings (SSSR count). The number of phenolic OH excluding ortho intramolecular Hbond substituents is 1. The van der Waals surface area contributed by atoms with Crippen LogP contribution >= 0.6 is 0 Å². The zero-order valence-electron chi connectivity index (χ0n) is 15.3. The average Bonchev–Trinajstić information content (AvgIpc) is 3.02. The first-order valence-corrected chi connectivity index (χ1v) is 9.04. The van der Waals surface area contributed by atoms with Crippen LogP contribution in [0.1, 0.15) is 34.6 Å². The van der Waals surface area contributed by atoms with Gasteiger partial charge in [-0.3, -0.25) is 9.36 Å². The van der Waals surface area contributed by atoms with Crippen LogP contribution in [0.25, 0.3) is 5.69 Å². The third-order valence-corrected chi connectivity index (χ3v) is 4.90. The van der Waals surface area contributed by atoms with Crippen molar-refractivity contribution in [3.63, 3.8) is 0 Å². The van der Waals surface area contributed by atoms with Crippen LogP contribution < -0.4 is 11.0 Å². The molecule has 0 unspecified atom stereocenters. The summed E-state index contributed by atoms with van der Waals surface area (Å²) in [6, 6.07) is 9.11. The van der Waals surface area contributed by atoms with E-state index in [1.807, 2.05) is 19.1 Å². The Morgan fingerprint density at radius 3 is 2.79 bits per heavy atom. The molecule has 2 heterocycles. The molecule has 144 valence electrons. The van der Waals surface area contributed by atoms with Crippen LogP contribution in [-0.2, 0) is 13.0 Å². The maximum Gasteiger partial charge on any atom is 0.350 e. The summed E-state index contributed by atoms with van der Waals surface area (Å²) in [4.78, 5) is 25.0. The summed E-state index contributed by atoms with van der Waals surface area (Å²) in [5.41, 5.74) is 0.542. The minimum absolute atomic E-state index is 0.183. The molecular formula is C20H19FN4O3. The molecule has 1 amide bonds. The van der Waals surface area contributed by atoms with Crippen molar-refractivity contribution in [2.24, 2.45) is 0 Å². The number of rotatable bonds is 3. The van der Waals surface area contributed by atoms with Crippen molar-refractivity contribution in [1.29, 1.82) is 0 Å². The van der Waals surface area contributed by atoms with E-state index in [0.29, 0.717) is 24.5 Å². The van der Waals surface area contributed by atoms with Gasteiger partial charge in [0.25, 0.3) is 5.91 Å². The number of anilines is 1. The number of nitrogens with zero attached hydrogens (tertiary/aromatic N) is 3. The first-order chi connectivity index (χ1) is 13.5. The van der Waals surface area contributed by atoms with Crippen molar-refractivity contribution in [3.05, 3.63) is 69.7 Å². The van der Waals surface area contributed by atoms with Crippen LogP contribution in [-0.4, -0.2) is 25.4 Å². The number of aromatic hydroxyl groups is 1. The lowest BCUT2D eigenvalue weighted by Crippen LogP contribution is -2.26. The Balaban J connectivity index is 1.70. The second-order valence-corrected chi connectivity index (χ2v) is 6.81. The van der Waals surface area contributed by atoms with E-state index in [1.54, 1.807) is 12.1 Å². The highest BCUT2D eigenvalue weighted by Crippen LogP contribution is 2.26. The Morgan fingerprint density at radius 1 is 1.25 bits per heavy atom. The molecule has 2 aromatic carbocycles. The molecule has 1 aliphatic heterocycles. The molecular weight excluding hydrogens is 363 g/mol. The fourth-order valence-electron chi connectivity index (χ4n) is 3.35. The quantitative estimate of drug-likeness (QED) is 0.729. The maximum absolute atomic E-state index is 14.7. The Bertz CT molecular complexity index is 1130. The maximum atomic E-state index is 14.7. The first-order valence-electron chi connectivity index (χ1n) is 9.04. The lowest BCUT2D eigenvalue weighted by Gasteiger charge is -2.11. The number of amides is 1. The van der Waals surface area contributed by atoms with Gasteiger partial charge in [-0.2, -0.15) is 4.68 Å². The van der Waals surface area contributed by atoms with E-state index in [2.05, 4.69) is 10.4 Å². The van der Waals surface area contributed by atoms with Gasteiger partial charge in [0.05, 0.1) is 5.56 Å². The summed E-state index contributed by atoms with van der Waals surface area (Å²) in [7, 11) is 0. The van der Waals surface area contributed by atoms with Crippen LogP contribution in [0.2, 0.25) is 0 Å². The van der Waals surface area contributed by atoms with Crippen molar-refractivity contribution in [2.75, 3.05) is 5.32 Å². The smallest absolute Gasteiger partial charge is 0.350 e. The molecule has 0 radical (unpaired) electrons.